The fourth-order valence-corrected chi connectivity index (χ4v) is 1.99. The number of ether oxygens (including phenoxy) is 1. The molecule has 0 bridgehead atoms. The van der Waals surface area contributed by atoms with E-state index in [2.05, 4.69) is 0 Å². The van der Waals surface area contributed by atoms with E-state index < -0.39 is 12.4 Å². The monoisotopic (exact) mass is 287 g/mol. The summed E-state index contributed by atoms with van der Waals surface area (Å²) in [7, 11) is 0. The van der Waals surface area contributed by atoms with E-state index in [4.69, 9.17) is 21.6 Å². The molecule has 3 nitrogen and oxygen atoms in total. The predicted molar refractivity (Wildman–Crippen MR) is 66.0 cm³/mol. The molecule has 0 aromatic heterocycles. The van der Waals surface area contributed by atoms with Gasteiger partial charge in [-0.1, -0.05) is 6.07 Å². The SMILES string of the molecule is CCOC(=O)Cc1c(C#N)ccc(CCl)c1C(F)F. The van der Waals surface area contributed by atoms with Crippen molar-refractivity contribution in [3.05, 3.63) is 34.4 Å². The third-order valence-electron chi connectivity index (χ3n) is 2.56. The van der Waals surface area contributed by atoms with Gasteiger partial charge in [0.2, 0.25) is 0 Å². The van der Waals surface area contributed by atoms with Crippen LogP contribution in [0.25, 0.3) is 0 Å². The minimum atomic E-state index is -2.80. The highest BCUT2D eigenvalue weighted by Crippen LogP contribution is 2.30. The molecule has 1 rings (SSSR count). The van der Waals surface area contributed by atoms with Crippen molar-refractivity contribution in [1.29, 1.82) is 5.26 Å². The van der Waals surface area contributed by atoms with Crippen LogP contribution in [0.3, 0.4) is 0 Å². The van der Waals surface area contributed by atoms with Gasteiger partial charge in [-0.15, -0.1) is 11.6 Å². The highest BCUT2D eigenvalue weighted by atomic mass is 35.5. The standard InChI is InChI=1S/C13H12ClF2NO2/c1-2-19-11(18)5-10-9(7-17)4-3-8(6-14)12(10)13(15)16/h3-4,13H,2,5-6H2,1H3. The third-order valence-corrected chi connectivity index (χ3v) is 2.84. The molecule has 102 valence electrons. The minimum Gasteiger partial charge on any atom is -0.466 e. The molecule has 0 aliphatic heterocycles. The highest BCUT2D eigenvalue weighted by Gasteiger charge is 2.22. The van der Waals surface area contributed by atoms with Gasteiger partial charge in [-0.2, -0.15) is 5.26 Å². The Morgan fingerprint density at radius 1 is 1.53 bits per heavy atom. The van der Waals surface area contributed by atoms with Crippen LogP contribution in [0.2, 0.25) is 0 Å². The van der Waals surface area contributed by atoms with E-state index in [0.717, 1.165) is 0 Å². The number of rotatable bonds is 5. The lowest BCUT2D eigenvalue weighted by molar-refractivity contribution is -0.142. The van der Waals surface area contributed by atoms with Crippen LogP contribution in [0.15, 0.2) is 12.1 Å². The van der Waals surface area contributed by atoms with Crippen molar-refractivity contribution in [2.45, 2.75) is 25.7 Å². The average Bonchev–Trinajstić information content (AvgIpc) is 2.37. The smallest absolute Gasteiger partial charge is 0.310 e. The maximum Gasteiger partial charge on any atom is 0.310 e. The maximum atomic E-state index is 13.1. The molecule has 0 aliphatic rings. The lowest BCUT2D eigenvalue weighted by Gasteiger charge is -2.14. The van der Waals surface area contributed by atoms with E-state index in [1.165, 1.54) is 12.1 Å². The van der Waals surface area contributed by atoms with Crippen LogP contribution >= 0.6 is 11.6 Å². The second-order valence-electron chi connectivity index (χ2n) is 3.69. The van der Waals surface area contributed by atoms with E-state index in [9.17, 15) is 13.6 Å². The van der Waals surface area contributed by atoms with Crippen LogP contribution in [0.4, 0.5) is 8.78 Å². The second-order valence-corrected chi connectivity index (χ2v) is 3.96. The van der Waals surface area contributed by atoms with Gasteiger partial charge in [-0.05, 0) is 24.1 Å². The number of carbonyl (C=O) groups is 1. The normalized spacial score (nSPS) is 10.3. The molecule has 1 aromatic rings. The highest BCUT2D eigenvalue weighted by molar-refractivity contribution is 6.17. The summed E-state index contributed by atoms with van der Waals surface area (Å²) in [5, 5.41) is 8.95. The maximum absolute atomic E-state index is 13.1. The molecule has 0 N–H and O–H groups in total. The fraction of sp³-hybridized carbons (Fsp3) is 0.385. The van der Waals surface area contributed by atoms with Gasteiger partial charge in [0.25, 0.3) is 6.43 Å². The summed E-state index contributed by atoms with van der Waals surface area (Å²) in [6.45, 7) is 1.77. The molecular weight excluding hydrogens is 276 g/mol. The molecule has 0 aliphatic carbocycles. The first-order valence-corrected chi connectivity index (χ1v) is 6.13. The van der Waals surface area contributed by atoms with E-state index in [0.29, 0.717) is 0 Å². The predicted octanol–water partition coefficient (Wildman–Crippen LogP) is 3.34. The molecule has 1 aromatic carbocycles. The van der Waals surface area contributed by atoms with E-state index in [1.807, 2.05) is 0 Å². The fourth-order valence-electron chi connectivity index (χ4n) is 1.75. The number of alkyl halides is 3. The number of benzene rings is 1. The summed E-state index contributed by atoms with van der Waals surface area (Å²) >= 11 is 5.61. The van der Waals surface area contributed by atoms with Crippen molar-refractivity contribution < 1.29 is 18.3 Å². The van der Waals surface area contributed by atoms with Crippen molar-refractivity contribution in [2.24, 2.45) is 0 Å². The Bertz CT molecular complexity index is 512. The number of halogens is 3. The zero-order valence-electron chi connectivity index (χ0n) is 10.3. The number of hydrogen-bond donors (Lipinski definition) is 0. The molecule has 0 unspecified atom stereocenters. The topological polar surface area (TPSA) is 50.1 Å². The Morgan fingerprint density at radius 3 is 2.68 bits per heavy atom. The van der Waals surface area contributed by atoms with E-state index in [1.54, 1.807) is 13.0 Å². The van der Waals surface area contributed by atoms with Crippen LogP contribution in [0.5, 0.6) is 0 Å². The molecule has 0 radical (unpaired) electrons. The largest absolute Gasteiger partial charge is 0.466 e. The Morgan fingerprint density at radius 2 is 2.21 bits per heavy atom. The first kappa shape index (κ1) is 15.4. The zero-order valence-corrected chi connectivity index (χ0v) is 11.0. The Kier molecular flexibility index (Phi) is 5.71. The summed E-state index contributed by atoms with van der Waals surface area (Å²) < 4.78 is 30.9. The number of nitrogens with zero attached hydrogens (tertiary/aromatic N) is 1. The van der Waals surface area contributed by atoms with Gasteiger partial charge >= 0.3 is 5.97 Å². The summed E-state index contributed by atoms with van der Waals surface area (Å²) in [6.07, 6.45) is -3.16. The molecular formula is C13H12ClF2NO2. The molecule has 19 heavy (non-hydrogen) atoms. The molecule has 0 saturated heterocycles. The van der Waals surface area contributed by atoms with Gasteiger partial charge < -0.3 is 4.74 Å². The Balaban J connectivity index is 3.31. The van der Waals surface area contributed by atoms with Crippen molar-refractivity contribution in [3.8, 4) is 6.07 Å². The van der Waals surface area contributed by atoms with Gasteiger partial charge in [0.05, 0.1) is 24.7 Å². The average molecular weight is 288 g/mol. The molecule has 0 atom stereocenters. The molecule has 0 heterocycles. The molecule has 0 saturated carbocycles. The molecule has 0 amide bonds. The van der Waals surface area contributed by atoms with Gasteiger partial charge in [0.15, 0.2) is 0 Å². The first-order chi connectivity index (χ1) is 9.04. The van der Waals surface area contributed by atoms with Gasteiger partial charge in [-0.25, -0.2) is 8.78 Å². The molecule has 6 heteroatoms. The van der Waals surface area contributed by atoms with Crippen LogP contribution < -0.4 is 0 Å². The number of esters is 1. The summed E-state index contributed by atoms with van der Waals surface area (Å²) in [6, 6.07) is 4.57. The van der Waals surface area contributed by atoms with E-state index >= 15 is 0 Å². The minimum absolute atomic E-state index is 0.00546. The van der Waals surface area contributed by atoms with Crippen LogP contribution in [-0.4, -0.2) is 12.6 Å². The summed E-state index contributed by atoms with van der Waals surface area (Å²) in [5.41, 5.74) is -0.0941. The van der Waals surface area contributed by atoms with Crippen molar-refractivity contribution >= 4 is 17.6 Å². The molecule has 0 fully saturated rings. The molecule has 0 spiro atoms. The van der Waals surface area contributed by atoms with E-state index in [-0.39, 0.29) is 41.2 Å². The lowest BCUT2D eigenvalue weighted by Crippen LogP contribution is -2.12. The Hall–Kier alpha value is -1.67. The van der Waals surface area contributed by atoms with Crippen molar-refractivity contribution in [2.75, 3.05) is 6.61 Å². The van der Waals surface area contributed by atoms with Gasteiger partial charge in [0.1, 0.15) is 0 Å². The van der Waals surface area contributed by atoms with Crippen LogP contribution in [-0.2, 0) is 21.8 Å². The van der Waals surface area contributed by atoms with Crippen molar-refractivity contribution in [1.82, 2.24) is 0 Å². The first-order valence-electron chi connectivity index (χ1n) is 5.59. The lowest BCUT2D eigenvalue weighted by atomic mass is 9.95. The second kappa shape index (κ2) is 7.05. The van der Waals surface area contributed by atoms with Crippen molar-refractivity contribution in [3.63, 3.8) is 0 Å². The van der Waals surface area contributed by atoms with Gasteiger partial charge in [0, 0.05) is 11.4 Å². The zero-order chi connectivity index (χ0) is 14.4. The summed E-state index contributed by atoms with van der Waals surface area (Å²) in [4.78, 5) is 11.4. The summed E-state index contributed by atoms with van der Waals surface area (Å²) in [5.74, 6) is -0.756. The number of hydrogen-bond acceptors (Lipinski definition) is 3. The van der Waals surface area contributed by atoms with Crippen LogP contribution in [0.1, 0.15) is 35.6 Å². The quantitative estimate of drug-likeness (QED) is 0.616. The third kappa shape index (κ3) is 3.65. The van der Waals surface area contributed by atoms with Crippen LogP contribution in [0, 0.1) is 11.3 Å². The van der Waals surface area contributed by atoms with Gasteiger partial charge in [-0.3, -0.25) is 4.79 Å². The number of nitriles is 1. The Labute approximate surface area is 114 Å². The number of carbonyl (C=O) groups excluding carboxylic acids is 1.